The molecule has 0 bridgehead atoms. The lowest BCUT2D eigenvalue weighted by Crippen LogP contribution is -2.50. The van der Waals surface area contributed by atoms with Crippen molar-refractivity contribution in [3.05, 3.63) is 84.3 Å². The summed E-state index contributed by atoms with van der Waals surface area (Å²) in [4.78, 5) is 13.8. The number of benzene rings is 2. The Morgan fingerprint density at radius 1 is 1.00 bits per heavy atom. The molecule has 0 saturated carbocycles. The van der Waals surface area contributed by atoms with Crippen LogP contribution in [0.4, 0.5) is 5.82 Å². The summed E-state index contributed by atoms with van der Waals surface area (Å²) in [6.07, 6.45) is 2.11. The van der Waals surface area contributed by atoms with Crippen LogP contribution in [-0.2, 0) is 41.5 Å². The van der Waals surface area contributed by atoms with Crippen molar-refractivity contribution in [2.45, 2.75) is 51.3 Å². The number of anilines is 1. The second-order valence-electron chi connectivity index (χ2n) is 11.2. The molecule has 2 unspecified atom stereocenters. The highest BCUT2D eigenvalue weighted by molar-refractivity contribution is 7.90. The molecular weight excluding hydrogens is 613 g/mol. The molecule has 1 aliphatic rings. The van der Waals surface area contributed by atoms with Gasteiger partial charge in [-0.2, -0.15) is 0 Å². The van der Waals surface area contributed by atoms with Gasteiger partial charge in [0.2, 0.25) is 0 Å². The zero-order valence-electron chi connectivity index (χ0n) is 26.3. The molecule has 0 radical (unpaired) electrons. The first-order valence-corrected chi connectivity index (χ1v) is 18.4. The van der Waals surface area contributed by atoms with Crippen LogP contribution < -0.4 is 4.90 Å². The van der Waals surface area contributed by atoms with E-state index in [-0.39, 0.29) is 42.8 Å². The van der Waals surface area contributed by atoms with Gasteiger partial charge in [0.15, 0.2) is 5.65 Å². The quantitative estimate of drug-likeness (QED) is 0.155. The molecule has 0 spiro atoms. The Morgan fingerprint density at radius 3 is 2.33 bits per heavy atom. The van der Waals surface area contributed by atoms with Crippen LogP contribution >= 0.6 is 7.60 Å². The normalized spacial score (nSPS) is 18.0. The Hall–Kier alpha value is -3.12. The lowest BCUT2D eigenvalue weighted by molar-refractivity contribution is 0.121. The van der Waals surface area contributed by atoms with Crippen molar-refractivity contribution in [2.75, 3.05) is 44.6 Å². The van der Waals surface area contributed by atoms with E-state index in [0.717, 1.165) is 26.1 Å². The Morgan fingerprint density at radius 2 is 1.67 bits per heavy atom. The minimum absolute atomic E-state index is 0.115. The molecule has 13 heteroatoms. The summed E-state index contributed by atoms with van der Waals surface area (Å²) in [6.45, 7) is 8.60. The summed E-state index contributed by atoms with van der Waals surface area (Å²) < 4.78 is 58.9. The molecular formula is C32H42N5O6PS. The van der Waals surface area contributed by atoms with Gasteiger partial charge in [0.05, 0.1) is 35.8 Å². The summed E-state index contributed by atoms with van der Waals surface area (Å²) in [6, 6.07) is 20.5. The Bertz CT molecular complexity index is 1710. The van der Waals surface area contributed by atoms with Crippen molar-refractivity contribution in [3.8, 4) is 0 Å². The smallest absolute Gasteiger partial charge is 0.356 e. The van der Waals surface area contributed by atoms with Gasteiger partial charge in [-0.25, -0.2) is 22.4 Å². The van der Waals surface area contributed by atoms with Crippen molar-refractivity contribution in [3.63, 3.8) is 0 Å². The number of piperidine rings is 1. The number of aromatic nitrogens is 3. The van der Waals surface area contributed by atoms with Gasteiger partial charge < -0.3 is 18.7 Å². The number of ether oxygens (including phenoxy) is 1. The highest BCUT2D eigenvalue weighted by atomic mass is 32.2. The molecule has 4 aromatic rings. The maximum atomic E-state index is 14.1. The number of hydrogen-bond acceptors (Lipinski definition) is 10. The monoisotopic (exact) mass is 655 g/mol. The van der Waals surface area contributed by atoms with Gasteiger partial charge in [0, 0.05) is 26.2 Å². The van der Waals surface area contributed by atoms with E-state index in [9.17, 15) is 13.0 Å². The third kappa shape index (κ3) is 7.48. The number of hydrogen-bond donors (Lipinski definition) is 0. The predicted molar refractivity (Wildman–Crippen MR) is 175 cm³/mol. The van der Waals surface area contributed by atoms with Gasteiger partial charge >= 0.3 is 7.60 Å². The molecule has 2 aromatic heterocycles. The van der Waals surface area contributed by atoms with Crippen molar-refractivity contribution in [1.29, 1.82) is 0 Å². The largest absolute Gasteiger partial charge is 0.363 e. The summed E-state index contributed by atoms with van der Waals surface area (Å²) in [5.41, 5.74) is 1.84. The van der Waals surface area contributed by atoms with E-state index >= 15 is 0 Å². The van der Waals surface area contributed by atoms with E-state index in [1.807, 2.05) is 13.1 Å². The lowest BCUT2D eigenvalue weighted by Gasteiger charge is -2.42. The van der Waals surface area contributed by atoms with E-state index in [2.05, 4.69) is 51.0 Å². The molecule has 2 aromatic carbocycles. The fourth-order valence-corrected chi connectivity index (χ4v) is 8.73. The molecule has 3 heterocycles. The van der Waals surface area contributed by atoms with E-state index in [0.29, 0.717) is 22.8 Å². The first kappa shape index (κ1) is 33.2. The molecule has 242 valence electrons. The number of rotatable bonds is 14. The standard InChI is InChI=1S/C32H42N5O6PS/c1-5-42-44(38,43-6-2)24-41-22-27-19-29-31(33-23-34-32(29)37(27)45(39,40)28-15-11-8-12-16-28)35(4)30-21-36(18-17-25(30)3)20-26-13-9-7-10-14-26/h7-16,19,23,25,30H,5-6,17-18,20-22,24H2,1-4H3. The van der Waals surface area contributed by atoms with Crippen LogP contribution in [0.25, 0.3) is 11.0 Å². The van der Waals surface area contributed by atoms with Crippen LogP contribution in [0.15, 0.2) is 78.0 Å². The predicted octanol–water partition coefficient (Wildman–Crippen LogP) is 5.76. The molecule has 0 N–H and O–H groups in total. The first-order chi connectivity index (χ1) is 21.7. The Balaban J connectivity index is 1.50. The van der Waals surface area contributed by atoms with Gasteiger partial charge in [-0.15, -0.1) is 0 Å². The highest BCUT2D eigenvalue weighted by Crippen LogP contribution is 2.48. The van der Waals surface area contributed by atoms with Crippen molar-refractivity contribution in [1.82, 2.24) is 18.8 Å². The third-order valence-electron chi connectivity index (χ3n) is 8.12. The van der Waals surface area contributed by atoms with E-state index in [4.69, 9.17) is 13.8 Å². The average molecular weight is 656 g/mol. The number of likely N-dealkylation sites (tertiary alicyclic amines) is 1. The van der Waals surface area contributed by atoms with E-state index in [1.54, 1.807) is 50.2 Å². The number of nitrogens with zero attached hydrogens (tertiary/aromatic N) is 5. The van der Waals surface area contributed by atoms with Crippen LogP contribution in [-0.4, -0.2) is 73.0 Å². The van der Waals surface area contributed by atoms with Gasteiger partial charge in [0.1, 0.15) is 18.5 Å². The van der Waals surface area contributed by atoms with Crippen LogP contribution in [0.3, 0.4) is 0 Å². The molecule has 5 rings (SSSR count). The fraction of sp³-hybridized carbons (Fsp3) is 0.438. The molecule has 0 amide bonds. The molecule has 1 aliphatic heterocycles. The maximum Gasteiger partial charge on any atom is 0.356 e. The summed E-state index contributed by atoms with van der Waals surface area (Å²) in [7, 11) is -5.57. The Kier molecular flexibility index (Phi) is 10.7. The molecule has 1 saturated heterocycles. The molecule has 1 fully saturated rings. The van der Waals surface area contributed by atoms with E-state index < -0.39 is 17.6 Å². The minimum atomic E-state index is -4.07. The SMILES string of the molecule is CCOP(=O)(COCc1cc2c(N(C)C3CN(Cc4ccccc4)CCC3C)ncnc2n1S(=O)(=O)c1ccccc1)OCC. The van der Waals surface area contributed by atoms with Crippen molar-refractivity contribution >= 4 is 34.5 Å². The van der Waals surface area contributed by atoms with Gasteiger partial charge in [0.25, 0.3) is 10.0 Å². The topological polar surface area (TPSA) is 116 Å². The highest BCUT2D eigenvalue weighted by Gasteiger charge is 2.33. The van der Waals surface area contributed by atoms with Gasteiger partial charge in [-0.1, -0.05) is 55.5 Å². The molecule has 0 aliphatic carbocycles. The summed E-state index contributed by atoms with van der Waals surface area (Å²) in [5, 5.41) is 0.586. The second-order valence-corrected chi connectivity index (χ2v) is 15.0. The summed E-state index contributed by atoms with van der Waals surface area (Å²) >= 11 is 0. The van der Waals surface area contributed by atoms with E-state index in [1.165, 1.54) is 15.9 Å². The molecule has 2 atom stereocenters. The van der Waals surface area contributed by atoms with Crippen molar-refractivity contribution < 1.29 is 26.8 Å². The van der Waals surface area contributed by atoms with Crippen LogP contribution in [0, 0.1) is 5.92 Å². The van der Waals surface area contributed by atoms with Crippen LogP contribution in [0.1, 0.15) is 38.4 Å². The fourth-order valence-electron chi connectivity index (χ4n) is 5.91. The van der Waals surface area contributed by atoms with Crippen LogP contribution in [0.2, 0.25) is 0 Å². The van der Waals surface area contributed by atoms with Crippen molar-refractivity contribution in [2.24, 2.45) is 5.92 Å². The molecule has 11 nitrogen and oxygen atoms in total. The second kappa shape index (κ2) is 14.5. The minimum Gasteiger partial charge on any atom is -0.363 e. The number of fused-ring (bicyclic) bond motifs is 1. The summed E-state index contributed by atoms with van der Waals surface area (Å²) in [5.74, 6) is 1.02. The van der Waals surface area contributed by atoms with Gasteiger partial charge in [-0.3, -0.25) is 9.46 Å². The third-order valence-corrected chi connectivity index (χ3v) is 11.7. The lowest BCUT2D eigenvalue weighted by atomic mass is 9.92. The first-order valence-electron chi connectivity index (χ1n) is 15.3. The zero-order valence-corrected chi connectivity index (χ0v) is 28.0. The Labute approximate surface area is 265 Å². The zero-order chi connectivity index (χ0) is 32.0. The molecule has 45 heavy (non-hydrogen) atoms. The van der Waals surface area contributed by atoms with Crippen LogP contribution in [0.5, 0.6) is 0 Å². The average Bonchev–Trinajstić information content (AvgIpc) is 3.42. The number of likely N-dealkylation sites (N-methyl/N-ethyl adjacent to an activating group) is 1. The van der Waals surface area contributed by atoms with Gasteiger partial charge in [-0.05, 0) is 56.5 Å². The maximum absolute atomic E-state index is 14.1.